The molecule has 6 heteroatoms. The maximum Gasteiger partial charge on any atom is 0.230 e. The maximum atomic E-state index is 5.78. The van der Waals surface area contributed by atoms with Crippen LogP contribution in [-0.2, 0) is 0 Å². The summed E-state index contributed by atoms with van der Waals surface area (Å²) in [5.41, 5.74) is 0. The number of hydrogen-bond donors (Lipinski definition) is 0. The van der Waals surface area contributed by atoms with Gasteiger partial charge in [-0.3, -0.25) is 0 Å². The molecule has 0 aliphatic heterocycles. The standard InChI is InChI=1S/C13H20Cl2N4/c1-19(13-17-11(14)16-12(15)18-13)9-5-8-10-6-3-2-4-7-10/h10H,2-9H2,1H3. The highest BCUT2D eigenvalue weighted by atomic mass is 35.5. The van der Waals surface area contributed by atoms with Crippen molar-refractivity contribution in [3.05, 3.63) is 10.6 Å². The second-order valence-electron chi connectivity index (χ2n) is 5.24. The van der Waals surface area contributed by atoms with Crippen LogP contribution in [0.25, 0.3) is 0 Å². The molecule has 4 nitrogen and oxygen atoms in total. The van der Waals surface area contributed by atoms with Crippen molar-refractivity contribution >= 4 is 29.2 Å². The number of anilines is 1. The van der Waals surface area contributed by atoms with E-state index >= 15 is 0 Å². The molecule has 0 bridgehead atoms. The van der Waals surface area contributed by atoms with Crippen LogP contribution in [0.3, 0.4) is 0 Å². The molecule has 1 fully saturated rings. The highest BCUT2D eigenvalue weighted by molar-refractivity contribution is 6.31. The molecule has 1 aromatic heterocycles. The molecule has 106 valence electrons. The predicted molar refractivity (Wildman–Crippen MR) is 78.9 cm³/mol. The molecule has 0 radical (unpaired) electrons. The Balaban J connectivity index is 1.78. The van der Waals surface area contributed by atoms with Crippen LogP contribution in [-0.4, -0.2) is 28.5 Å². The number of rotatable bonds is 5. The summed E-state index contributed by atoms with van der Waals surface area (Å²) in [6.07, 6.45) is 9.45. The maximum absolute atomic E-state index is 5.78. The Hall–Kier alpha value is -0.610. The first kappa shape index (κ1) is 14.8. The molecule has 0 saturated heterocycles. The summed E-state index contributed by atoms with van der Waals surface area (Å²) in [4.78, 5) is 13.9. The van der Waals surface area contributed by atoms with Gasteiger partial charge < -0.3 is 4.90 Å². The van der Waals surface area contributed by atoms with Gasteiger partial charge in [0.2, 0.25) is 16.5 Å². The fraction of sp³-hybridized carbons (Fsp3) is 0.769. The Morgan fingerprint density at radius 3 is 2.32 bits per heavy atom. The van der Waals surface area contributed by atoms with Gasteiger partial charge in [-0.15, -0.1) is 0 Å². The zero-order chi connectivity index (χ0) is 13.7. The largest absolute Gasteiger partial charge is 0.344 e. The lowest BCUT2D eigenvalue weighted by Gasteiger charge is -2.23. The van der Waals surface area contributed by atoms with Gasteiger partial charge in [0, 0.05) is 13.6 Å². The van der Waals surface area contributed by atoms with Crippen LogP contribution in [0, 0.1) is 5.92 Å². The van der Waals surface area contributed by atoms with E-state index in [2.05, 4.69) is 15.0 Å². The van der Waals surface area contributed by atoms with Gasteiger partial charge >= 0.3 is 0 Å². The van der Waals surface area contributed by atoms with Crippen LogP contribution in [0.15, 0.2) is 0 Å². The van der Waals surface area contributed by atoms with E-state index in [-0.39, 0.29) is 10.6 Å². The van der Waals surface area contributed by atoms with Crippen LogP contribution in [0.5, 0.6) is 0 Å². The van der Waals surface area contributed by atoms with Crippen LogP contribution < -0.4 is 4.90 Å². The van der Waals surface area contributed by atoms with E-state index in [1.54, 1.807) is 0 Å². The average molecular weight is 303 g/mol. The molecule has 2 rings (SSSR count). The van der Waals surface area contributed by atoms with E-state index in [9.17, 15) is 0 Å². The molecule has 0 N–H and O–H groups in total. The highest BCUT2D eigenvalue weighted by Gasteiger charge is 2.14. The Labute approximate surface area is 124 Å². The number of nitrogens with zero attached hydrogens (tertiary/aromatic N) is 4. The first-order valence-electron chi connectivity index (χ1n) is 6.93. The van der Waals surface area contributed by atoms with Crippen molar-refractivity contribution in [2.24, 2.45) is 5.92 Å². The summed E-state index contributed by atoms with van der Waals surface area (Å²) in [6.45, 7) is 0.924. The van der Waals surface area contributed by atoms with Gasteiger partial charge in [-0.05, 0) is 42.0 Å². The molecule has 1 aliphatic carbocycles. The fourth-order valence-electron chi connectivity index (χ4n) is 2.68. The normalized spacial score (nSPS) is 16.6. The van der Waals surface area contributed by atoms with Crippen LogP contribution in [0.2, 0.25) is 10.6 Å². The van der Waals surface area contributed by atoms with E-state index in [4.69, 9.17) is 23.2 Å². The Kier molecular flexibility index (Phi) is 5.64. The molecule has 1 saturated carbocycles. The Morgan fingerprint density at radius 1 is 1.05 bits per heavy atom. The summed E-state index contributed by atoms with van der Waals surface area (Å²) in [5, 5.41) is 0.295. The monoisotopic (exact) mass is 302 g/mol. The summed E-state index contributed by atoms with van der Waals surface area (Å²) >= 11 is 11.6. The molecular weight excluding hydrogens is 283 g/mol. The van der Waals surface area contributed by atoms with Crippen molar-refractivity contribution in [2.75, 3.05) is 18.5 Å². The highest BCUT2D eigenvalue weighted by Crippen LogP contribution is 2.27. The van der Waals surface area contributed by atoms with Crippen LogP contribution in [0.4, 0.5) is 5.95 Å². The van der Waals surface area contributed by atoms with Crippen molar-refractivity contribution in [3.63, 3.8) is 0 Å². The predicted octanol–water partition coefficient (Wildman–Crippen LogP) is 3.98. The molecule has 1 heterocycles. The van der Waals surface area contributed by atoms with Gasteiger partial charge in [-0.25, -0.2) is 0 Å². The molecular formula is C13H20Cl2N4. The summed E-state index contributed by atoms with van der Waals surface area (Å²) in [7, 11) is 1.96. The van der Waals surface area contributed by atoms with Gasteiger partial charge in [-0.1, -0.05) is 32.1 Å². The lowest BCUT2D eigenvalue weighted by Crippen LogP contribution is -2.22. The fourth-order valence-corrected chi connectivity index (χ4v) is 3.03. The molecule has 0 atom stereocenters. The van der Waals surface area contributed by atoms with Crippen molar-refractivity contribution in [3.8, 4) is 0 Å². The van der Waals surface area contributed by atoms with E-state index in [0.717, 1.165) is 18.9 Å². The molecule has 0 spiro atoms. The number of hydrogen-bond acceptors (Lipinski definition) is 4. The SMILES string of the molecule is CN(CCCC1CCCCC1)c1nc(Cl)nc(Cl)n1. The van der Waals surface area contributed by atoms with Crippen LogP contribution >= 0.6 is 23.2 Å². The van der Waals surface area contributed by atoms with Crippen LogP contribution in [0.1, 0.15) is 44.9 Å². The minimum atomic E-state index is 0.147. The molecule has 0 amide bonds. The van der Waals surface area contributed by atoms with E-state index in [0.29, 0.717) is 5.95 Å². The lowest BCUT2D eigenvalue weighted by molar-refractivity contribution is 0.333. The first-order valence-corrected chi connectivity index (χ1v) is 7.69. The second-order valence-corrected chi connectivity index (χ2v) is 5.92. The third kappa shape index (κ3) is 4.77. The zero-order valence-corrected chi connectivity index (χ0v) is 12.8. The van der Waals surface area contributed by atoms with E-state index < -0.39 is 0 Å². The summed E-state index contributed by atoms with van der Waals surface area (Å²) in [5.74, 6) is 1.46. The van der Waals surface area contributed by atoms with Gasteiger partial charge in [0.1, 0.15) is 0 Å². The van der Waals surface area contributed by atoms with Crippen molar-refractivity contribution in [1.29, 1.82) is 0 Å². The van der Waals surface area contributed by atoms with Crippen molar-refractivity contribution in [2.45, 2.75) is 44.9 Å². The van der Waals surface area contributed by atoms with Crippen molar-refractivity contribution in [1.82, 2.24) is 15.0 Å². The lowest BCUT2D eigenvalue weighted by atomic mass is 9.86. The molecule has 0 aromatic carbocycles. The van der Waals surface area contributed by atoms with E-state index in [1.807, 2.05) is 11.9 Å². The quantitative estimate of drug-likeness (QED) is 0.825. The summed E-state index contributed by atoms with van der Waals surface area (Å²) in [6, 6.07) is 0. The third-order valence-corrected chi connectivity index (χ3v) is 4.08. The molecule has 19 heavy (non-hydrogen) atoms. The van der Waals surface area contributed by atoms with E-state index in [1.165, 1.54) is 38.5 Å². The number of halogens is 2. The topological polar surface area (TPSA) is 41.9 Å². The molecule has 0 unspecified atom stereocenters. The minimum Gasteiger partial charge on any atom is -0.344 e. The first-order chi connectivity index (χ1) is 9.15. The third-order valence-electron chi connectivity index (χ3n) is 3.74. The molecule has 1 aliphatic rings. The Bertz CT molecular complexity index is 387. The minimum absolute atomic E-state index is 0.147. The van der Waals surface area contributed by atoms with Crippen molar-refractivity contribution < 1.29 is 0 Å². The Morgan fingerprint density at radius 2 is 1.68 bits per heavy atom. The number of aromatic nitrogens is 3. The second kappa shape index (κ2) is 7.25. The van der Waals surface area contributed by atoms with Gasteiger partial charge in [0.25, 0.3) is 0 Å². The molecule has 1 aromatic rings. The van der Waals surface area contributed by atoms with Gasteiger partial charge in [-0.2, -0.15) is 15.0 Å². The van der Waals surface area contributed by atoms with Gasteiger partial charge in [0.15, 0.2) is 0 Å². The average Bonchev–Trinajstić information content (AvgIpc) is 2.38. The smallest absolute Gasteiger partial charge is 0.230 e. The van der Waals surface area contributed by atoms with Gasteiger partial charge in [0.05, 0.1) is 0 Å². The zero-order valence-electron chi connectivity index (χ0n) is 11.3. The summed E-state index contributed by atoms with van der Waals surface area (Å²) < 4.78 is 0.